The highest BCUT2D eigenvalue weighted by Gasteiger charge is 2.20. The van der Waals surface area contributed by atoms with Crippen molar-refractivity contribution in [2.75, 3.05) is 19.6 Å². The molecule has 0 radical (unpaired) electrons. The summed E-state index contributed by atoms with van der Waals surface area (Å²) < 4.78 is 5.44. The second kappa shape index (κ2) is 13.2. The first kappa shape index (κ1) is 24.3. The Balaban J connectivity index is 0.00000289. The minimum absolute atomic E-state index is 0. The molecule has 3 heterocycles. The fourth-order valence-corrected chi connectivity index (χ4v) is 3.81. The van der Waals surface area contributed by atoms with Crippen molar-refractivity contribution in [1.29, 1.82) is 0 Å². The molecule has 2 N–H and O–H groups in total. The molecule has 32 heavy (non-hydrogen) atoms. The summed E-state index contributed by atoms with van der Waals surface area (Å²) in [6, 6.07) is 20.8. The maximum Gasteiger partial charge on any atom is 0.191 e. The van der Waals surface area contributed by atoms with Gasteiger partial charge in [0.2, 0.25) is 0 Å². The van der Waals surface area contributed by atoms with Crippen LogP contribution in [0, 0.1) is 0 Å². The quantitative estimate of drug-likeness (QED) is 0.252. The summed E-state index contributed by atoms with van der Waals surface area (Å²) in [5.41, 5.74) is 2.35. The lowest BCUT2D eigenvalue weighted by atomic mass is 10.0. The van der Waals surface area contributed by atoms with Crippen molar-refractivity contribution in [3.63, 3.8) is 0 Å². The van der Waals surface area contributed by atoms with E-state index in [1.807, 2.05) is 30.5 Å². The van der Waals surface area contributed by atoms with E-state index in [2.05, 4.69) is 56.9 Å². The Morgan fingerprint density at radius 3 is 2.56 bits per heavy atom. The van der Waals surface area contributed by atoms with Crippen molar-refractivity contribution < 1.29 is 4.42 Å². The van der Waals surface area contributed by atoms with Gasteiger partial charge in [0, 0.05) is 44.8 Å². The summed E-state index contributed by atoms with van der Waals surface area (Å²) in [6.07, 6.45) is 6.61. The molecule has 0 bridgehead atoms. The van der Waals surface area contributed by atoms with Crippen molar-refractivity contribution in [2.45, 2.75) is 38.4 Å². The SMILES string of the molecule is I.c1ccc(CN=C(NCCc2ccco2)NC2CCN(Cc3ccccn3)CC2)cc1. The van der Waals surface area contributed by atoms with Crippen LogP contribution in [0.15, 0.2) is 82.5 Å². The largest absolute Gasteiger partial charge is 0.469 e. The number of nitrogens with one attached hydrogen (secondary N) is 2. The molecule has 4 rings (SSSR count). The van der Waals surface area contributed by atoms with Gasteiger partial charge in [0.1, 0.15) is 5.76 Å². The molecule has 1 aromatic carbocycles. The zero-order chi connectivity index (χ0) is 21.1. The normalized spacial score (nSPS) is 15.2. The van der Waals surface area contributed by atoms with Crippen molar-refractivity contribution in [3.05, 3.63) is 90.1 Å². The molecule has 7 heteroatoms. The third kappa shape index (κ3) is 7.94. The zero-order valence-electron chi connectivity index (χ0n) is 18.3. The zero-order valence-corrected chi connectivity index (χ0v) is 20.7. The van der Waals surface area contributed by atoms with Gasteiger partial charge in [-0.3, -0.25) is 9.88 Å². The average Bonchev–Trinajstić information content (AvgIpc) is 3.34. The summed E-state index contributed by atoms with van der Waals surface area (Å²) in [7, 11) is 0. The van der Waals surface area contributed by atoms with E-state index in [-0.39, 0.29) is 24.0 Å². The maximum absolute atomic E-state index is 5.44. The molecule has 170 valence electrons. The lowest BCUT2D eigenvalue weighted by molar-refractivity contribution is 0.196. The number of piperidine rings is 1. The third-order valence-electron chi connectivity index (χ3n) is 5.55. The number of rotatable bonds is 8. The standard InChI is InChI=1S/C25H31N5O.HI/c1-2-7-21(8-3-1)19-28-25(27-15-11-24-10-6-18-31-24)29-22-12-16-30(17-13-22)20-23-9-4-5-14-26-23;/h1-10,14,18,22H,11-13,15-17,19-20H2,(H2,27,28,29);1H. The van der Waals surface area contributed by atoms with Crippen LogP contribution in [0.25, 0.3) is 0 Å². The van der Waals surface area contributed by atoms with Crippen molar-refractivity contribution in [2.24, 2.45) is 4.99 Å². The summed E-state index contributed by atoms with van der Waals surface area (Å²) >= 11 is 0. The van der Waals surface area contributed by atoms with Gasteiger partial charge in [-0.15, -0.1) is 24.0 Å². The average molecular weight is 545 g/mol. The van der Waals surface area contributed by atoms with E-state index in [1.54, 1.807) is 6.26 Å². The second-order valence-corrected chi connectivity index (χ2v) is 7.92. The number of likely N-dealkylation sites (tertiary alicyclic amines) is 1. The monoisotopic (exact) mass is 545 g/mol. The van der Waals surface area contributed by atoms with Crippen LogP contribution in [0.4, 0.5) is 0 Å². The van der Waals surface area contributed by atoms with Crippen LogP contribution < -0.4 is 10.6 Å². The summed E-state index contributed by atoms with van der Waals surface area (Å²) in [6.45, 7) is 4.49. The van der Waals surface area contributed by atoms with Gasteiger partial charge in [0.05, 0.1) is 18.5 Å². The predicted octanol–water partition coefficient (Wildman–Crippen LogP) is 4.24. The molecule has 6 nitrogen and oxygen atoms in total. The van der Waals surface area contributed by atoms with Gasteiger partial charge < -0.3 is 15.1 Å². The highest BCUT2D eigenvalue weighted by Crippen LogP contribution is 2.13. The molecule has 0 amide bonds. The van der Waals surface area contributed by atoms with Crippen LogP contribution in [0.1, 0.15) is 29.9 Å². The van der Waals surface area contributed by atoms with Crippen LogP contribution in [0.3, 0.4) is 0 Å². The molecule has 1 saturated heterocycles. The lowest BCUT2D eigenvalue weighted by Gasteiger charge is -2.33. The molecule has 0 atom stereocenters. The minimum atomic E-state index is 0. The second-order valence-electron chi connectivity index (χ2n) is 7.92. The Hall–Kier alpha value is -2.39. The molecule has 1 aliphatic heterocycles. The fraction of sp³-hybridized carbons (Fsp3) is 0.360. The first-order valence-corrected chi connectivity index (χ1v) is 11.1. The van der Waals surface area contributed by atoms with Crippen molar-refractivity contribution >= 4 is 29.9 Å². The smallest absolute Gasteiger partial charge is 0.191 e. The summed E-state index contributed by atoms with van der Waals surface area (Å²) in [5, 5.41) is 7.14. The van der Waals surface area contributed by atoms with Crippen LogP contribution in [-0.2, 0) is 19.5 Å². The van der Waals surface area contributed by atoms with Crippen LogP contribution >= 0.6 is 24.0 Å². The summed E-state index contributed by atoms with van der Waals surface area (Å²) in [4.78, 5) is 11.8. The van der Waals surface area contributed by atoms with Crippen LogP contribution in [0.5, 0.6) is 0 Å². The Labute approximate surface area is 207 Å². The molecule has 1 aliphatic rings. The predicted molar refractivity (Wildman–Crippen MR) is 139 cm³/mol. The number of benzene rings is 1. The van der Waals surface area contributed by atoms with Crippen LogP contribution in [-0.4, -0.2) is 41.5 Å². The molecule has 0 aliphatic carbocycles. The molecule has 0 unspecified atom stereocenters. The van der Waals surface area contributed by atoms with E-state index < -0.39 is 0 Å². The fourth-order valence-electron chi connectivity index (χ4n) is 3.81. The van der Waals surface area contributed by atoms with Gasteiger partial charge in [0.15, 0.2) is 5.96 Å². The number of aliphatic imine (C=N–C) groups is 1. The first-order valence-electron chi connectivity index (χ1n) is 11.1. The number of aromatic nitrogens is 1. The number of halogens is 1. The summed E-state index contributed by atoms with van der Waals surface area (Å²) in [5.74, 6) is 1.86. The Morgan fingerprint density at radius 1 is 1.03 bits per heavy atom. The van der Waals surface area contributed by atoms with Gasteiger partial charge in [-0.05, 0) is 42.7 Å². The molecule has 0 spiro atoms. The topological polar surface area (TPSA) is 65.7 Å². The van der Waals surface area contributed by atoms with Crippen LogP contribution in [0.2, 0.25) is 0 Å². The minimum Gasteiger partial charge on any atom is -0.469 e. The van der Waals surface area contributed by atoms with Gasteiger partial charge in [0.25, 0.3) is 0 Å². The number of hydrogen-bond donors (Lipinski definition) is 2. The van der Waals surface area contributed by atoms with Gasteiger partial charge in [-0.2, -0.15) is 0 Å². The van der Waals surface area contributed by atoms with Crippen molar-refractivity contribution in [1.82, 2.24) is 20.5 Å². The van der Waals surface area contributed by atoms with E-state index in [4.69, 9.17) is 9.41 Å². The molecule has 1 fully saturated rings. The highest BCUT2D eigenvalue weighted by molar-refractivity contribution is 14.0. The first-order chi connectivity index (χ1) is 15.3. The van der Waals surface area contributed by atoms with Gasteiger partial charge in [-0.25, -0.2) is 4.99 Å². The Bertz CT molecular complexity index is 910. The van der Waals surface area contributed by atoms with E-state index in [9.17, 15) is 0 Å². The van der Waals surface area contributed by atoms with Gasteiger partial charge in [-0.1, -0.05) is 36.4 Å². The number of furan rings is 1. The maximum atomic E-state index is 5.44. The lowest BCUT2D eigenvalue weighted by Crippen LogP contribution is -2.49. The van der Waals surface area contributed by atoms with E-state index in [0.717, 1.165) is 62.9 Å². The molecule has 2 aromatic heterocycles. The third-order valence-corrected chi connectivity index (χ3v) is 5.55. The number of guanidine groups is 1. The number of hydrogen-bond acceptors (Lipinski definition) is 4. The van der Waals surface area contributed by atoms with E-state index in [1.165, 1.54) is 5.56 Å². The van der Waals surface area contributed by atoms with Crippen molar-refractivity contribution in [3.8, 4) is 0 Å². The van der Waals surface area contributed by atoms with Gasteiger partial charge >= 0.3 is 0 Å². The molecule has 0 saturated carbocycles. The molecular formula is C25H32IN5O. The molecular weight excluding hydrogens is 513 g/mol. The molecule has 3 aromatic rings. The van der Waals surface area contributed by atoms with E-state index in [0.29, 0.717) is 12.6 Å². The number of nitrogens with zero attached hydrogens (tertiary/aromatic N) is 3. The Kier molecular flexibility index (Phi) is 10.0. The highest BCUT2D eigenvalue weighted by atomic mass is 127. The number of pyridine rings is 1. The Morgan fingerprint density at radius 2 is 1.84 bits per heavy atom. The van der Waals surface area contributed by atoms with E-state index >= 15 is 0 Å².